The van der Waals surface area contributed by atoms with Crippen molar-refractivity contribution in [3.8, 4) is 0 Å². The number of nitrogens with one attached hydrogen (secondary N) is 3. The van der Waals surface area contributed by atoms with Crippen LogP contribution in [0.15, 0.2) is 41.3 Å². The number of hydrogen-bond acceptors (Lipinski definition) is 10. The number of fused-ring (bicyclic) bond motifs is 1. The van der Waals surface area contributed by atoms with Crippen LogP contribution < -0.4 is 16.0 Å². The van der Waals surface area contributed by atoms with Crippen molar-refractivity contribution in [2.45, 2.75) is 62.3 Å². The molecule has 5 rings (SSSR count). The molecule has 3 heterocycles. The lowest BCUT2D eigenvalue weighted by atomic mass is 10.1. The van der Waals surface area contributed by atoms with Crippen LogP contribution in [0.3, 0.4) is 0 Å². The molecule has 1 fully saturated rings. The van der Waals surface area contributed by atoms with Gasteiger partial charge >= 0.3 is 6.09 Å². The zero-order valence-electron chi connectivity index (χ0n) is 26.6. The molecule has 2 atom stereocenters. The van der Waals surface area contributed by atoms with Crippen LogP contribution in [0.5, 0.6) is 0 Å². The molecule has 3 N–H and O–H groups in total. The predicted molar refractivity (Wildman–Crippen MR) is 173 cm³/mol. The number of rotatable bonds is 12. The Labute approximate surface area is 272 Å². The van der Waals surface area contributed by atoms with Gasteiger partial charge in [0.1, 0.15) is 17.5 Å². The molecule has 0 spiro atoms. The molecule has 1 saturated heterocycles. The van der Waals surface area contributed by atoms with E-state index in [9.17, 15) is 26.8 Å². The third-order valence-electron chi connectivity index (χ3n) is 8.10. The topological polar surface area (TPSA) is 144 Å². The van der Waals surface area contributed by atoms with E-state index in [0.29, 0.717) is 30.3 Å². The molecule has 2 aliphatic heterocycles. The normalized spacial score (nSPS) is 17.1. The Balaban J connectivity index is 1.47. The fourth-order valence-electron chi connectivity index (χ4n) is 5.86. The highest BCUT2D eigenvalue weighted by Crippen LogP contribution is 2.34. The lowest BCUT2D eigenvalue weighted by molar-refractivity contribution is 0.102. The van der Waals surface area contributed by atoms with Gasteiger partial charge < -0.3 is 25.4 Å². The molecule has 1 amide bonds. The number of aromatic nitrogens is 2. The maximum absolute atomic E-state index is 14.0. The number of carbonyl (C=O) groups excluding carboxylic acids is 2. The Kier molecular flexibility index (Phi) is 10.8. The Morgan fingerprint density at radius 2 is 1.85 bits per heavy atom. The van der Waals surface area contributed by atoms with Crippen molar-refractivity contribution in [1.29, 1.82) is 0 Å². The minimum Gasteiger partial charge on any atom is -0.448 e. The lowest BCUT2D eigenvalue weighted by Crippen LogP contribution is -2.36. The maximum atomic E-state index is 14.0. The van der Waals surface area contributed by atoms with Gasteiger partial charge in [-0.15, -0.1) is 9.78 Å². The molecule has 2 aromatic carbocycles. The predicted octanol–water partition coefficient (Wildman–Crippen LogP) is 4.66. The van der Waals surface area contributed by atoms with Gasteiger partial charge in [-0.3, -0.25) is 9.69 Å². The number of hydrogen-bond donors (Lipinski definition) is 3. The van der Waals surface area contributed by atoms with Crippen LogP contribution in [0.2, 0.25) is 0 Å². The summed E-state index contributed by atoms with van der Waals surface area (Å²) < 4.78 is 66.4. The number of ether oxygens (including phenoxy) is 2. The summed E-state index contributed by atoms with van der Waals surface area (Å²) >= 11 is 0. The van der Waals surface area contributed by atoms with Crippen LogP contribution in [-0.2, 0) is 32.3 Å². The maximum Gasteiger partial charge on any atom is 0.436 e. The van der Waals surface area contributed by atoms with Crippen molar-refractivity contribution in [3.63, 3.8) is 0 Å². The summed E-state index contributed by atoms with van der Waals surface area (Å²) in [7, 11) is -2.66. The molecule has 12 nitrogen and oxygen atoms in total. The van der Waals surface area contributed by atoms with E-state index in [1.54, 1.807) is 13.2 Å². The van der Waals surface area contributed by atoms with Crippen LogP contribution in [0, 0.1) is 11.6 Å². The van der Waals surface area contributed by atoms with E-state index in [2.05, 4.69) is 25.9 Å². The number of nitrogens with zero attached hydrogens (tertiary/aromatic N) is 3. The molecule has 0 saturated carbocycles. The first-order valence-corrected chi connectivity index (χ1v) is 17.2. The Morgan fingerprint density at radius 1 is 1.13 bits per heavy atom. The monoisotopic (exact) mass is 674 g/mol. The molecule has 47 heavy (non-hydrogen) atoms. The number of likely N-dealkylation sites (tertiary alicyclic amines) is 1. The fraction of sp³-hybridized carbons (Fsp3) is 0.469. The first-order chi connectivity index (χ1) is 22.5. The fourth-order valence-corrected chi connectivity index (χ4v) is 7.49. The largest absolute Gasteiger partial charge is 0.448 e. The zero-order valence-corrected chi connectivity index (χ0v) is 27.5. The highest BCUT2D eigenvalue weighted by molar-refractivity contribution is 7.92. The lowest BCUT2D eigenvalue weighted by Gasteiger charge is -2.25. The third kappa shape index (κ3) is 7.91. The molecular weight excluding hydrogens is 634 g/mol. The van der Waals surface area contributed by atoms with E-state index in [4.69, 9.17) is 9.47 Å². The van der Waals surface area contributed by atoms with Crippen molar-refractivity contribution in [1.82, 2.24) is 14.7 Å². The van der Waals surface area contributed by atoms with Gasteiger partial charge in [0.2, 0.25) is 0 Å². The second-order valence-electron chi connectivity index (χ2n) is 11.9. The van der Waals surface area contributed by atoms with E-state index in [1.165, 1.54) is 0 Å². The zero-order chi connectivity index (χ0) is 33.7. The van der Waals surface area contributed by atoms with Crippen LogP contribution >= 0.6 is 0 Å². The Hall–Kier alpha value is -4.08. The molecule has 0 aliphatic carbocycles. The van der Waals surface area contributed by atoms with Crippen molar-refractivity contribution in [2.75, 3.05) is 55.9 Å². The quantitative estimate of drug-likeness (QED) is 0.248. The molecular formula is C32H40F2N6O6S. The first-order valence-electron chi connectivity index (χ1n) is 15.6. The standard InChI is InChI=1S/C32H40F2N6O6S/c1-4-11-46-32(42)40-30-27(16-25(17-35-30)47(43,44)24-14-22(33)13-23(34)15-24)29(38-40)37-31(41)26-8-7-21(18-39-9-5-6-10-39)12-28(26)36-20(2)19-45-3/h7-8,12-15,20,25,35-36H,4-6,9-11,16-19H2,1-3H3,(H,37,38,41). The number of carbonyl (C=O) groups is 2. The van der Waals surface area contributed by atoms with E-state index in [0.717, 1.165) is 54.9 Å². The van der Waals surface area contributed by atoms with Gasteiger partial charge in [0, 0.05) is 43.6 Å². The van der Waals surface area contributed by atoms with E-state index in [-0.39, 0.29) is 42.8 Å². The minimum atomic E-state index is -4.25. The van der Waals surface area contributed by atoms with Gasteiger partial charge in [-0.2, -0.15) is 0 Å². The minimum absolute atomic E-state index is 0.0479. The van der Waals surface area contributed by atoms with Crippen molar-refractivity contribution in [2.24, 2.45) is 0 Å². The Bertz CT molecular complexity index is 1710. The second kappa shape index (κ2) is 14.8. The van der Waals surface area contributed by atoms with Gasteiger partial charge in [-0.05, 0) is 75.5 Å². The average Bonchev–Trinajstić information content (AvgIpc) is 3.67. The van der Waals surface area contributed by atoms with E-state index in [1.807, 2.05) is 26.0 Å². The molecule has 0 radical (unpaired) electrons. The molecule has 2 unspecified atom stereocenters. The van der Waals surface area contributed by atoms with Crippen molar-refractivity contribution < 1.29 is 36.3 Å². The van der Waals surface area contributed by atoms with Gasteiger partial charge in [0.15, 0.2) is 15.7 Å². The number of halogens is 2. The summed E-state index contributed by atoms with van der Waals surface area (Å²) in [5.41, 5.74) is 2.14. The average molecular weight is 675 g/mol. The summed E-state index contributed by atoms with van der Waals surface area (Å²) in [6, 6.07) is 7.51. The molecule has 1 aromatic heterocycles. The van der Waals surface area contributed by atoms with Crippen LogP contribution in [0.1, 0.15) is 54.6 Å². The smallest absolute Gasteiger partial charge is 0.436 e. The third-order valence-corrected chi connectivity index (χ3v) is 10.2. The number of sulfone groups is 1. The molecule has 2 aliphatic rings. The first kappa shape index (κ1) is 34.3. The molecule has 15 heteroatoms. The Morgan fingerprint density at radius 3 is 2.53 bits per heavy atom. The SMILES string of the molecule is CCCOC(=O)n1nc(NC(=O)c2ccc(CN3CCCC3)cc2NC(C)COC)c2c1NCC(S(=O)(=O)c1cc(F)cc(F)c1)C2. The molecule has 3 aromatic rings. The molecule has 254 valence electrons. The number of methoxy groups -OCH3 is 1. The molecule has 0 bridgehead atoms. The summed E-state index contributed by atoms with van der Waals surface area (Å²) in [5, 5.41) is 12.2. The number of amides is 1. The summed E-state index contributed by atoms with van der Waals surface area (Å²) in [6.45, 7) is 6.85. The van der Waals surface area contributed by atoms with Crippen molar-refractivity contribution in [3.05, 3.63) is 64.7 Å². The van der Waals surface area contributed by atoms with Gasteiger partial charge in [0.25, 0.3) is 5.91 Å². The van der Waals surface area contributed by atoms with Gasteiger partial charge in [0.05, 0.1) is 28.9 Å². The highest BCUT2D eigenvalue weighted by atomic mass is 32.2. The van der Waals surface area contributed by atoms with Crippen LogP contribution in [0.4, 0.5) is 30.9 Å². The van der Waals surface area contributed by atoms with E-state index >= 15 is 0 Å². The second-order valence-corrected chi connectivity index (χ2v) is 14.1. The van der Waals surface area contributed by atoms with Gasteiger partial charge in [-0.1, -0.05) is 13.0 Å². The summed E-state index contributed by atoms with van der Waals surface area (Å²) in [6.07, 6.45) is 1.84. The van der Waals surface area contributed by atoms with Crippen LogP contribution in [0.25, 0.3) is 0 Å². The van der Waals surface area contributed by atoms with Crippen molar-refractivity contribution >= 4 is 39.2 Å². The summed E-state index contributed by atoms with van der Waals surface area (Å²) in [5.74, 6) is -2.48. The van der Waals surface area contributed by atoms with Gasteiger partial charge in [-0.25, -0.2) is 22.0 Å². The summed E-state index contributed by atoms with van der Waals surface area (Å²) in [4.78, 5) is 28.6. The number of benzene rings is 2. The van der Waals surface area contributed by atoms with E-state index < -0.39 is 43.6 Å². The number of anilines is 3. The highest BCUT2D eigenvalue weighted by Gasteiger charge is 2.37. The van der Waals surface area contributed by atoms with Crippen LogP contribution in [-0.4, -0.2) is 86.3 Å².